The molecule has 0 heterocycles. The summed E-state index contributed by atoms with van der Waals surface area (Å²) >= 11 is 11.5. The van der Waals surface area contributed by atoms with Gasteiger partial charge in [0.1, 0.15) is 0 Å². The van der Waals surface area contributed by atoms with Gasteiger partial charge in [-0.15, -0.1) is 0 Å². The van der Waals surface area contributed by atoms with Crippen molar-refractivity contribution in [3.05, 3.63) is 28.2 Å². The first-order valence-corrected chi connectivity index (χ1v) is 4.80. The highest BCUT2D eigenvalue weighted by molar-refractivity contribution is 6.35. The van der Waals surface area contributed by atoms with E-state index in [4.69, 9.17) is 23.2 Å². The second-order valence-electron chi connectivity index (χ2n) is 2.71. The van der Waals surface area contributed by atoms with Crippen molar-refractivity contribution in [3.8, 4) is 0 Å². The van der Waals surface area contributed by atoms with Crippen LogP contribution in [0.25, 0.3) is 0 Å². The van der Waals surface area contributed by atoms with Crippen LogP contribution in [0.5, 0.6) is 0 Å². The number of rotatable bonds is 4. The average molecular weight is 247 g/mol. The van der Waals surface area contributed by atoms with Gasteiger partial charge in [-0.05, 0) is 18.2 Å². The monoisotopic (exact) mass is 246 g/mol. The average Bonchev–Trinajstić information content (AvgIpc) is 2.13. The molecular weight excluding hydrogens is 239 g/mol. The minimum atomic E-state index is -0.347. The lowest BCUT2D eigenvalue weighted by Crippen LogP contribution is -2.26. The van der Waals surface area contributed by atoms with Crippen LogP contribution in [0.15, 0.2) is 18.2 Å². The van der Waals surface area contributed by atoms with Crippen molar-refractivity contribution in [2.24, 2.45) is 0 Å². The highest BCUT2D eigenvalue weighted by Gasteiger charge is 2.03. The van der Waals surface area contributed by atoms with Crippen LogP contribution in [-0.2, 0) is 9.59 Å². The number of amides is 2. The molecule has 0 aliphatic carbocycles. The summed E-state index contributed by atoms with van der Waals surface area (Å²) in [4.78, 5) is 21.1. The van der Waals surface area contributed by atoms with E-state index in [1.165, 1.54) is 0 Å². The predicted molar refractivity (Wildman–Crippen MR) is 59.2 cm³/mol. The molecular formula is C9H8Cl2N2O2. The summed E-state index contributed by atoms with van der Waals surface area (Å²) in [5.41, 5.74) is 0.491. The zero-order chi connectivity index (χ0) is 11.3. The van der Waals surface area contributed by atoms with Gasteiger partial charge in [0, 0.05) is 15.7 Å². The summed E-state index contributed by atoms with van der Waals surface area (Å²) in [6.45, 7) is -0.0897. The van der Waals surface area contributed by atoms with Crippen LogP contribution in [-0.4, -0.2) is 18.9 Å². The van der Waals surface area contributed by atoms with Gasteiger partial charge in [0.25, 0.3) is 0 Å². The number of carbonyl (C=O) groups excluding carboxylic acids is 2. The summed E-state index contributed by atoms with van der Waals surface area (Å²) < 4.78 is 0. The smallest absolute Gasteiger partial charge is 0.243 e. The quantitative estimate of drug-likeness (QED) is 0.795. The Labute approximate surface area is 96.6 Å². The topological polar surface area (TPSA) is 58.2 Å². The Balaban J connectivity index is 2.63. The van der Waals surface area contributed by atoms with E-state index in [0.29, 0.717) is 22.1 Å². The van der Waals surface area contributed by atoms with E-state index in [2.05, 4.69) is 10.6 Å². The second kappa shape index (κ2) is 5.58. The van der Waals surface area contributed by atoms with E-state index in [-0.39, 0.29) is 12.5 Å². The third-order valence-electron chi connectivity index (χ3n) is 1.49. The van der Waals surface area contributed by atoms with E-state index in [1.54, 1.807) is 18.2 Å². The van der Waals surface area contributed by atoms with Crippen molar-refractivity contribution < 1.29 is 9.59 Å². The molecule has 0 fully saturated rings. The molecule has 2 amide bonds. The summed E-state index contributed by atoms with van der Waals surface area (Å²) in [6.07, 6.45) is 0.449. The van der Waals surface area contributed by atoms with Gasteiger partial charge >= 0.3 is 0 Å². The Morgan fingerprint density at radius 2 is 1.87 bits per heavy atom. The first-order valence-electron chi connectivity index (χ1n) is 4.05. The molecule has 1 aromatic carbocycles. The fourth-order valence-corrected chi connectivity index (χ4v) is 1.49. The van der Waals surface area contributed by atoms with Crippen molar-refractivity contribution in [1.29, 1.82) is 0 Å². The molecule has 0 atom stereocenters. The number of hydrogen-bond acceptors (Lipinski definition) is 2. The van der Waals surface area contributed by atoms with E-state index in [1.807, 2.05) is 0 Å². The van der Waals surface area contributed by atoms with E-state index >= 15 is 0 Å². The maximum absolute atomic E-state index is 11.2. The third-order valence-corrected chi connectivity index (χ3v) is 1.93. The molecule has 6 heteroatoms. The zero-order valence-corrected chi connectivity index (χ0v) is 9.10. The van der Waals surface area contributed by atoms with E-state index in [9.17, 15) is 9.59 Å². The van der Waals surface area contributed by atoms with E-state index in [0.717, 1.165) is 0 Å². The number of benzene rings is 1. The molecule has 0 aliphatic heterocycles. The zero-order valence-electron chi connectivity index (χ0n) is 7.59. The van der Waals surface area contributed by atoms with Crippen LogP contribution in [0.4, 0.5) is 5.69 Å². The minimum Gasteiger partial charge on any atom is -0.350 e. The largest absolute Gasteiger partial charge is 0.350 e. The number of anilines is 1. The highest BCUT2D eigenvalue weighted by atomic mass is 35.5. The van der Waals surface area contributed by atoms with Crippen LogP contribution in [0.2, 0.25) is 10.0 Å². The van der Waals surface area contributed by atoms with Crippen molar-refractivity contribution in [2.45, 2.75) is 0 Å². The maximum atomic E-state index is 11.2. The summed E-state index contributed by atoms with van der Waals surface area (Å²) in [7, 11) is 0. The van der Waals surface area contributed by atoms with Gasteiger partial charge in [-0.3, -0.25) is 9.59 Å². The Hall–Kier alpha value is -1.26. The second-order valence-corrected chi connectivity index (χ2v) is 3.58. The van der Waals surface area contributed by atoms with Gasteiger partial charge < -0.3 is 10.6 Å². The molecule has 2 N–H and O–H groups in total. The first-order chi connectivity index (χ1) is 7.11. The lowest BCUT2D eigenvalue weighted by atomic mass is 10.3. The molecule has 0 aliphatic rings. The van der Waals surface area contributed by atoms with Crippen molar-refractivity contribution in [1.82, 2.24) is 5.32 Å². The number of nitrogens with one attached hydrogen (secondary N) is 2. The molecule has 0 saturated heterocycles. The first kappa shape index (κ1) is 11.8. The van der Waals surface area contributed by atoms with Crippen LogP contribution in [0.3, 0.4) is 0 Å². The van der Waals surface area contributed by atoms with Crippen LogP contribution in [0.1, 0.15) is 0 Å². The van der Waals surface area contributed by atoms with Gasteiger partial charge in [0.15, 0.2) is 0 Å². The molecule has 0 spiro atoms. The van der Waals surface area contributed by atoms with Gasteiger partial charge in [0.05, 0.1) is 6.54 Å². The number of carbonyl (C=O) groups is 2. The summed E-state index contributed by atoms with van der Waals surface area (Å²) in [6, 6.07) is 4.68. The van der Waals surface area contributed by atoms with Crippen molar-refractivity contribution in [3.63, 3.8) is 0 Å². The molecule has 80 valence electrons. The molecule has 1 aromatic rings. The molecule has 0 aromatic heterocycles. The third kappa shape index (κ3) is 4.18. The molecule has 0 radical (unpaired) electrons. The van der Waals surface area contributed by atoms with Gasteiger partial charge in [-0.2, -0.15) is 0 Å². The molecule has 1 rings (SSSR count). The van der Waals surface area contributed by atoms with Crippen molar-refractivity contribution in [2.75, 3.05) is 11.9 Å². The van der Waals surface area contributed by atoms with Crippen molar-refractivity contribution >= 4 is 41.2 Å². The Bertz CT molecular complexity index is 362. The Kier molecular flexibility index (Phi) is 4.39. The summed E-state index contributed by atoms with van der Waals surface area (Å²) in [5.74, 6) is -0.347. The standard InChI is InChI=1S/C9H8Cl2N2O2/c10-6-1-7(11)3-8(2-6)13-9(15)4-12-5-14/h1-3,5H,4H2,(H,12,14)(H,13,15). The SMILES string of the molecule is O=CNCC(=O)Nc1cc(Cl)cc(Cl)c1. The number of hydrogen-bond donors (Lipinski definition) is 2. The molecule has 15 heavy (non-hydrogen) atoms. The van der Waals surface area contributed by atoms with Gasteiger partial charge in [-0.1, -0.05) is 23.2 Å². The Morgan fingerprint density at radius 1 is 1.27 bits per heavy atom. The maximum Gasteiger partial charge on any atom is 0.243 e. The fraction of sp³-hybridized carbons (Fsp3) is 0.111. The molecule has 0 bridgehead atoms. The lowest BCUT2D eigenvalue weighted by molar-refractivity contribution is -0.118. The summed E-state index contributed by atoms with van der Waals surface area (Å²) in [5, 5.41) is 5.63. The number of halogens is 2. The lowest BCUT2D eigenvalue weighted by Gasteiger charge is -2.05. The Morgan fingerprint density at radius 3 is 2.40 bits per heavy atom. The highest BCUT2D eigenvalue weighted by Crippen LogP contribution is 2.22. The fourth-order valence-electron chi connectivity index (χ4n) is 0.966. The minimum absolute atomic E-state index is 0.0897. The van der Waals surface area contributed by atoms with Gasteiger partial charge in [-0.25, -0.2) is 0 Å². The van der Waals surface area contributed by atoms with Crippen LogP contribution >= 0.6 is 23.2 Å². The molecule has 4 nitrogen and oxygen atoms in total. The van der Waals surface area contributed by atoms with Crippen LogP contribution < -0.4 is 10.6 Å². The molecule has 0 saturated carbocycles. The van der Waals surface area contributed by atoms with Gasteiger partial charge in [0.2, 0.25) is 12.3 Å². The van der Waals surface area contributed by atoms with E-state index < -0.39 is 0 Å². The predicted octanol–water partition coefficient (Wildman–Crippen LogP) is 1.68. The normalized spacial score (nSPS) is 9.47. The van der Waals surface area contributed by atoms with Crippen LogP contribution in [0, 0.1) is 0 Å². The molecule has 0 unspecified atom stereocenters.